The molecule has 6 nitrogen and oxygen atoms in total. The van der Waals surface area contributed by atoms with Crippen molar-refractivity contribution in [1.82, 2.24) is 0 Å². The number of carbonyl (C=O) groups excluding carboxylic acids is 1. The van der Waals surface area contributed by atoms with E-state index in [1.165, 1.54) is 0 Å². The summed E-state index contributed by atoms with van der Waals surface area (Å²) in [5.74, 6) is 1.26. The van der Waals surface area contributed by atoms with Gasteiger partial charge in [-0.2, -0.15) is 0 Å². The number of anilines is 2. The van der Waals surface area contributed by atoms with Gasteiger partial charge in [0.15, 0.2) is 0 Å². The fourth-order valence-electron chi connectivity index (χ4n) is 3.95. The van der Waals surface area contributed by atoms with Crippen LogP contribution in [0.4, 0.5) is 11.4 Å². The molecule has 1 amide bonds. The van der Waals surface area contributed by atoms with Gasteiger partial charge in [0, 0.05) is 54.1 Å². The Morgan fingerprint density at radius 2 is 1.77 bits per heavy atom. The van der Waals surface area contributed by atoms with Crippen LogP contribution in [-0.2, 0) is 4.79 Å². The number of nitrogens with zero attached hydrogens (tertiary/aromatic N) is 1. The smallest absolute Gasteiger partial charge is 0.248 e. The number of fused-ring (bicyclic) bond motifs is 1. The number of hydrogen-bond acceptors (Lipinski definition) is 5. The van der Waals surface area contributed by atoms with Gasteiger partial charge in [0.25, 0.3) is 0 Å². The van der Waals surface area contributed by atoms with E-state index < -0.39 is 0 Å². The van der Waals surface area contributed by atoms with Crippen LogP contribution in [0.2, 0.25) is 0 Å². The first-order valence-electron chi connectivity index (χ1n) is 11.5. The molecule has 0 aliphatic carbocycles. The van der Waals surface area contributed by atoms with Crippen molar-refractivity contribution in [1.29, 1.82) is 0 Å². The van der Waals surface area contributed by atoms with Gasteiger partial charge in [-0.1, -0.05) is 12.1 Å². The molecule has 180 valence electrons. The van der Waals surface area contributed by atoms with E-state index in [1.807, 2.05) is 93.5 Å². The number of rotatable bonds is 8. The third-order valence-corrected chi connectivity index (χ3v) is 5.80. The van der Waals surface area contributed by atoms with Crippen molar-refractivity contribution in [2.45, 2.75) is 13.8 Å². The number of furan rings is 1. The Hall–Kier alpha value is -4.19. The molecule has 4 rings (SSSR count). The van der Waals surface area contributed by atoms with Crippen LogP contribution in [0.25, 0.3) is 27.7 Å². The molecule has 0 bridgehead atoms. The third kappa shape index (κ3) is 5.32. The van der Waals surface area contributed by atoms with Gasteiger partial charge < -0.3 is 24.1 Å². The summed E-state index contributed by atoms with van der Waals surface area (Å²) in [6.45, 7) is 4.48. The lowest BCUT2D eigenvalue weighted by Crippen LogP contribution is -2.10. The fraction of sp³-hybridized carbons (Fsp3) is 0.207. The molecule has 0 atom stereocenters. The van der Waals surface area contributed by atoms with E-state index in [2.05, 4.69) is 5.32 Å². The maximum absolute atomic E-state index is 12.7. The maximum atomic E-state index is 12.7. The Morgan fingerprint density at radius 3 is 2.40 bits per heavy atom. The summed E-state index contributed by atoms with van der Waals surface area (Å²) in [5.41, 5.74) is 6.11. The molecule has 0 spiro atoms. The van der Waals surface area contributed by atoms with Gasteiger partial charge in [-0.15, -0.1) is 0 Å². The Bertz CT molecular complexity index is 1350. The summed E-state index contributed by atoms with van der Waals surface area (Å²) in [7, 11) is 5.57. The molecule has 0 aliphatic heterocycles. The lowest BCUT2D eigenvalue weighted by Gasteiger charge is -2.13. The van der Waals surface area contributed by atoms with E-state index >= 15 is 0 Å². The van der Waals surface area contributed by atoms with Crippen LogP contribution >= 0.6 is 0 Å². The Labute approximate surface area is 205 Å². The molecule has 0 aliphatic rings. The lowest BCUT2D eigenvalue weighted by molar-refractivity contribution is -0.111. The fourth-order valence-corrected chi connectivity index (χ4v) is 3.95. The third-order valence-electron chi connectivity index (χ3n) is 5.80. The van der Waals surface area contributed by atoms with Crippen LogP contribution in [0.1, 0.15) is 19.4 Å². The molecule has 0 fully saturated rings. The number of carbonyl (C=O) groups is 1. The molecular formula is C29H30N2O4. The quantitative estimate of drug-likeness (QED) is 0.293. The molecule has 1 heterocycles. The van der Waals surface area contributed by atoms with Gasteiger partial charge in [0.2, 0.25) is 5.91 Å². The number of allylic oxidation sites excluding steroid dienone is 1. The molecule has 0 unspecified atom stereocenters. The molecule has 6 heteroatoms. The van der Waals surface area contributed by atoms with Gasteiger partial charge in [0.1, 0.15) is 17.1 Å². The summed E-state index contributed by atoms with van der Waals surface area (Å²) in [4.78, 5) is 14.7. The van der Waals surface area contributed by atoms with E-state index in [4.69, 9.17) is 13.9 Å². The van der Waals surface area contributed by atoms with Crippen molar-refractivity contribution in [2.24, 2.45) is 0 Å². The zero-order valence-electron chi connectivity index (χ0n) is 20.7. The average Bonchev–Trinajstić information content (AvgIpc) is 3.27. The van der Waals surface area contributed by atoms with Crippen molar-refractivity contribution < 1.29 is 18.7 Å². The predicted molar refractivity (Wildman–Crippen MR) is 142 cm³/mol. The molecule has 0 saturated heterocycles. The minimum atomic E-state index is -0.207. The Kier molecular flexibility index (Phi) is 7.11. The monoisotopic (exact) mass is 470 g/mol. The van der Waals surface area contributed by atoms with Crippen LogP contribution in [0, 0.1) is 0 Å². The molecular weight excluding hydrogens is 440 g/mol. The molecule has 0 saturated carbocycles. The van der Waals surface area contributed by atoms with Crippen molar-refractivity contribution in [3.63, 3.8) is 0 Å². The highest BCUT2D eigenvalue weighted by molar-refractivity contribution is 6.05. The molecule has 35 heavy (non-hydrogen) atoms. The molecule has 1 aromatic heterocycles. The highest BCUT2D eigenvalue weighted by atomic mass is 16.5. The normalized spacial score (nSPS) is 11.4. The van der Waals surface area contributed by atoms with E-state index in [0.717, 1.165) is 44.8 Å². The first-order chi connectivity index (χ1) is 16.9. The predicted octanol–water partition coefficient (Wildman–Crippen LogP) is 6.62. The second kappa shape index (κ2) is 10.4. The van der Waals surface area contributed by atoms with Crippen LogP contribution < -0.4 is 19.7 Å². The van der Waals surface area contributed by atoms with E-state index in [-0.39, 0.29) is 5.91 Å². The van der Waals surface area contributed by atoms with Gasteiger partial charge in [-0.25, -0.2) is 0 Å². The van der Waals surface area contributed by atoms with Crippen LogP contribution in [-0.4, -0.2) is 33.7 Å². The zero-order chi connectivity index (χ0) is 24.9. The molecule has 0 radical (unpaired) electrons. The van der Waals surface area contributed by atoms with E-state index in [0.29, 0.717) is 17.9 Å². The number of methoxy groups -OCH3 is 1. The van der Waals surface area contributed by atoms with Gasteiger partial charge in [-0.05, 0) is 67.4 Å². The van der Waals surface area contributed by atoms with Gasteiger partial charge in [0.05, 0.1) is 20.0 Å². The number of nitrogens with one attached hydrogen (secondary N) is 1. The molecule has 3 aromatic carbocycles. The van der Waals surface area contributed by atoms with Crippen molar-refractivity contribution in [3.8, 4) is 22.6 Å². The second-order valence-corrected chi connectivity index (χ2v) is 8.41. The molecule has 1 N–H and O–H groups in total. The summed E-state index contributed by atoms with van der Waals surface area (Å²) in [6.07, 6.45) is 3.33. The van der Waals surface area contributed by atoms with E-state index in [9.17, 15) is 4.79 Å². The highest BCUT2D eigenvalue weighted by Gasteiger charge is 2.15. The summed E-state index contributed by atoms with van der Waals surface area (Å²) >= 11 is 0. The van der Waals surface area contributed by atoms with E-state index in [1.54, 1.807) is 19.4 Å². The zero-order valence-corrected chi connectivity index (χ0v) is 20.7. The highest BCUT2D eigenvalue weighted by Crippen LogP contribution is 2.37. The molecule has 4 aromatic rings. The first kappa shape index (κ1) is 24.0. The van der Waals surface area contributed by atoms with Crippen molar-refractivity contribution in [2.75, 3.05) is 38.0 Å². The number of amides is 1. The van der Waals surface area contributed by atoms with Crippen LogP contribution in [0.15, 0.2) is 77.4 Å². The summed E-state index contributed by atoms with van der Waals surface area (Å²) < 4.78 is 17.0. The maximum Gasteiger partial charge on any atom is 0.248 e. The van der Waals surface area contributed by atoms with Crippen molar-refractivity contribution in [3.05, 3.63) is 78.6 Å². The number of hydrogen-bond donors (Lipinski definition) is 1. The average molecular weight is 471 g/mol. The minimum absolute atomic E-state index is 0.207. The minimum Gasteiger partial charge on any atom is -0.496 e. The standard InChI is InChI=1S/C29H30N2O4/c1-6-34-23-13-7-20(8-14-23)26-18-35-28-17-27(33-5)24(16-25(26)28)19(2)15-29(32)30-21-9-11-22(12-10-21)31(3)4/h7-18H,6H2,1-5H3,(H,30,32)/b19-15+. The number of ether oxygens (including phenoxy) is 2. The topological polar surface area (TPSA) is 63.9 Å². The summed E-state index contributed by atoms with van der Waals surface area (Å²) in [6, 6.07) is 19.5. The van der Waals surface area contributed by atoms with Crippen LogP contribution in [0.3, 0.4) is 0 Å². The van der Waals surface area contributed by atoms with Gasteiger partial charge >= 0.3 is 0 Å². The number of benzene rings is 3. The first-order valence-corrected chi connectivity index (χ1v) is 11.5. The SMILES string of the molecule is CCOc1ccc(-c2coc3cc(OC)c(/C(C)=C/C(=O)Nc4ccc(N(C)C)cc4)cc23)cc1. The largest absolute Gasteiger partial charge is 0.496 e. The Morgan fingerprint density at radius 1 is 1.06 bits per heavy atom. The van der Waals surface area contributed by atoms with Crippen LogP contribution in [0.5, 0.6) is 11.5 Å². The lowest BCUT2D eigenvalue weighted by atomic mass is 9.99. The second-order valence-electron chi connectivity index (χ2n) is 8.41. The Balaban J connectivity index is 1.63. The van der Waals surface area contributed by atoms with Gasteiger partial charge in [-0.3, -0.25) is 4.79 Å². The summed E-state index contributed by atoms with van der Waals surface area (Å²) in [5, 5.41) is 3.87. The van der Waals surface area contributed by atoms with Crippen molar-refractivity contribution >= 4 is 33.8 Å².